The highest BCUT2D eigenvalue weighted by atomic mass is 14.5. The van der Waals surface area contributed by atoms with Crippen LogP contribution in [0.5, 0.6) is 0 Å². The highest BCUT2D eigenvalue weighted by Crippen LogP contribution is 2.59. The molecule has 0 nitrogen and oxygen atoms in total. The largest absolute Gasteiger partial charge is 0.0719 e. The molecule has 1 aliphatic rings. The van der Waals surface area contributed by atoms with Crippen molar-refractivity contribution in [3.05, 3.63) is 277 Å². The SMILES string of the molecule is c1ccc(-c2c3ccccc3c(-c3cccc4ccccc34)c3cc(-c4cccc5c(-c6cccc7c6C(c6ccccc6)(c6ccccc6)c6ccccc6-7)cccc45)ccc23)cc1. The smallest absolute Gasteiger partial charge is 0.0622 e. The summed E-state index contributed by atoms with van der Waals surface area (Å²) in [5, 5.41) is 9.99. The highest BCUT2D eigenvalue weighted by molar-refractivity contribution is 6.24. The fraction of sp³-hybridized carbons (Fsp3) is 0.0154. The van der Waals surface area contributed by atoms with Crippen molar-refractivity contribution >= 4 is 43.1 Å². The molecule has 0 bridgehead atoms. The Morgan fingerprint density at radius 1 is 0.231 bits per heavy atom. The molecule has 65 heavy (non-hydrogen) atoms. The molecule has 302 valence electrons. The molecule has 0 aliphatic heterocycles. The predicted octanol–water partition coefficient (Wildman–Crippen LogP) is 17.3. The van der Waals surface area contributed by atoms with Gasteiger partial charge in [-0.15, -0.1) is 0 Å². The topological polar surface area (TPSA) is 0 Å². The summed E-state index contributed by atoms with van der Waals surface area (Å²) in [6.45, 7) is 0. The van der Waals surface area contributed by atoms with E-state index in [9.17, 15) is 0 Å². The lowest BCUT2D eigenvalue weighted by Gasteiger charge is -2.35. The monoisotopic (exact) mass is 822 g/mol. The molecule has 0 radical (unpaired) electrons. The van der Waals surface area contributed by atoms with Crippen LogP contribution in [0.1, 0.15) is 22.3 Å². The first-order valence-electron chi connectivity index (χ1n) is 22.7. The fourth-order valence-electron chi connectivity index (χ4n) is 11.5. The molecule has 0 saturated carbocycles. The van der Waals surface area contributed by atoms with Crippen LogP contribution < -0.4 is 0 Å². The number of hydrogen-bond acceptors (Lipinski definition) is 0. The van der Waals surface area contributed by atoms with E-state index < -0.39 is 5.41 Å². The highest BCUT2D eigenvalue weighted by Gasteiger charge is 2.47. The first kappa shape index (κ1) is 37.3. The van der Waals surface area contributed by atoms with Crippen LogP contribution in [0.3, 0.4) is 0 Å². The van der Waals surface area contributed by atoms with Crippen LogP contribution in [0.4, 0.5) is 0 Å². The van der Waals surface area contributed by atoms with Crippen molar-refractivity contribution in [2.75, 3.05) is 0 Å². The lowest BCUT2D eigenvalue weighted by Crippen LogP contribution is -2.29. The standard InChI is InChI=1S/C65H42/c1-4-21-44(22-5-1)62-55-30-12-13-31-56(55)63(54-36-16-23-43-20-10-11-28-48(43)54)60-42-45(40-41-57(60)62)49-32-17-34-51-50(49)33-18-35-52(51)58-37-19-38-59-53-29-14-15-39-61(53)65(64(58)59,46-24-6-2-7-25-46)47-26-8-3-9-27-47/h1-42H. The van der Waals surface area contributed by atoms with Crippen molar-refractivity contribution < 1.29 is 0 Å². The molecular weight excluding hydrogens is 781 g/mol. The van der Waals surface area contributed by atoms with Crippen LogP contribution in [0, 0.1) is 0 Å². The Bertz CT molecular complexity index is 3760. The van der Waals surface area contributed by atoms with Gasteiger partial charge in [0.2, 0.25) is 0 Å². The Balaban J connectivity index is 1.08. The van der Waals surface area contributed by atoms with Gasteiger partial charge in [0.25, 0.3) is 0 Å². The van der Waals surface area contributed by atoms with Crippen LogP contribution in [0.25, 0.3) is 98.7 Å². The van der Waals surface area contributed by atoms with Gasteiger partial charge in [-0.25, -0.2) is 0 Å². The summed E-state index contributed by atoms with van der Waals surface area (Å²) in [5.41, 5.74) is 17.2. The van der Waals surface area contributed by atoms with Gasteiger partial charge in [-0.05, 0) is 127 Å². The van der Waals surface area contributed by atoms with Gasteiger partial charge >= 0.3 is 0 Å². The second kappa shape index (κ2) is 14.9. The summed E-state index contributed by atoms with van der Waals surface area (Å²) in [5.74, 6) is 0. The summed E-state index contributed by atoms with van der Waals surface area (Å²) in [6.07, 6.45) is 0. The lowest BCUT2D eigenvalue weighted by molar-refractivity contribution is 0.770. The zero-order valence-corrected chi connectivity index (χ0v) is 35.7. The van der Waals surface area contributed by atoms with Crippen molar-refractivity contribution in [2.24, 2.45) is 0 Å². The Hall–Kier alpha value is -8.32. The molecule has 0 fully saturated rings. The molecule has 0 heterocycles. The van der Waals surface area contributed by atoms with Crippen LogP contribution >= 0.6 is 0 Å². The van der Waals surface area contributed by atoms with Gasteiger partial charge in [-0.3, -0.25) is 0 Å². The van der Waals surface area contributed by atoms with E-state index in [1.54, 1.807) is 0 Å². The van der Waals surface area contributed by atoms with Crippen molar-refractivity contribution in [1.82, 2.24) is 0 Å². The molecule has 0 aromatic heterocycles. The van der Waals surface area contributed by atoms with E-state index in [1.807, 2.05) is 0 Å². The summed E-state index contributed by atoms with van der Waals surface area (Å²) in [4.78, 5) is 0. The van der Waals surface area contributed by atoms with Crippen molar-refractivity contribution in [2.45, 2.75) is 5.41 Å². The van der Waals surface area contributed by atoms with E-state index >= 15 is 0 Å². The quantitative estimate of drug-likeness (QED) is 0.147. The molecule has 13 rings (SSSR count). The van der Waals surface area contributed by atoms with E-state index in [0.29, 0.717) is 0 Å². The Morgan fingerprint density at radius 2 is 0.692 bits per heavy atom. The van der Waals surface area contributed by atoms with Gasteiger partial charge in [-0.1, -0.05) is 249 Å². The first-order chi connectivity index (χ1) is 32.3. The average Bonchev–Trinajstić information content (AvgIpc) is 3.69. The molecule has 0 atom stereocenters. The molecule has 0 heteroatoms. The maximum atomic E-state index is 2.47. The van der Waals surface area contributed by atoms with Crippen molar-refractivity contribution in [3.63, 3.8) is 0 Å². The van der Waals surface area contributed by atoms with E-state index in [1.165, 1.54) is 121 Å². The third-order valence-corrected chi connectivity index (χ3v) is 14.1. The molecule has 12 aromatic rings. The number of fused-ring (bicyclic) bond motifs is 7. The average molecular weight is 823 g/mol. The summed E-state index contributed by atoms with van der Waals surface area (Å²) in [6, 6.07) is 94.7. The van der Waals surface area contributed by atoms with Crippen LogP contribution in [-0.2, 0) is 5.41 Å². The Morgan fingerprint density at radius 3 is 1.43 bits per heavy atom. The normalized spacial score (nSPS) is 12.7. The van der Waals surface area contributed by atoms with Gasteiger partial charge in [-0.2, -0.15) is 0 Å². The minimum Gasteiger partial charge on any atom is -0.0622 e. The molecule has 12 aromatic carbocycles. The van der Waals surface area contributed by atoms with Gasteiger partial charge in [0, 0.05) is 0 Å². The zero-order valence-electron chi connectivity index (χ0n) is 35.7. The van der Waals surface area contributed by atoms with Crippen LogP contribution in [0.15, 0.2) is 255 Å². The Kier molecular flexibility index (Phi) is 8.54. The maximum absolute atomic E-state index is 2.47. The molecule has 0 amide bonds. The summed E-state index contributed by atoms with van der Waals surface area (Å²) >= 11 is 0. The predicted molar refractivity (Wildman–Crippen MR) is 276 cm³/mol. The van der Waals surface area contributed by atoms with Crippen molar-refractivity contribution in [1.29, 1.82) is 0 Å². The molecule has 0 N–H and O–H groups in total. The Labute approximate surface area is 379 Å². The van der Waals surface area contributed by atoms with Gasteiger partial charge < -0.3 is 0 Å². The van der Waals surface area contributed by atoms with E-state index in [-0.39, 0.29) is 0 Å². The van der Waals surface area contributed by atoms with Crippen molar-refractivity contribution in [3.8, 4) is 55.6 Å². The van der Waals surface area contributed by atoms with E-state index in [4.69, 9.17) is 0 Å². The third-order valence-electron chi connectivity index (χ3n) is 14.1. The fourth-order valence-corrected chi connectivity index (χ4v) is 11.5. The van der Waals surface area contributed by atoms with E-state index in [0.717, 1.165) is 0 Å². The molecule has 1 aliphatic carbocycles. The summed E-state index contributed by atoms with van der Waals surface area (Å²) < 4.78 is 0. The lowest BCUT2D eigenvalue weighted by atomic mass is 9.66. The summed E-state index contributed by atoms with van der Waals surface area (Å²) in [7, 11) is 0. The minimum atomic E-state index is -0.513. The maximum Gasteiger partial charge on any atom is 0.0719 e. The van der Waals surface area contributed by atoms with Crippen LogP contribution in [0.2, 0.25) is 0 Å². The minimum absolute atomic E-state index is 0.513. The zero-order chi connectivity index (χ0) is 42.9. The third kappa shape index (κ3) is 5.57. The van der Waals surface area contributed by atoms with Gasteiger partial charge in [0.15, 0.2) is 0 Å². The molecule has 0 unspecified atom stereocenters. The second-order valence-electron chi connectivity index (χ2n) is 17.4. The molecule has 0 saturated heterocycles. The number of hydrogen-bond donors (Lipinski definition) is 0. The number of benzene rings is 12. The molecule has 0 spiro atoms. The first-order valence-corrected chi connectivity index (χ1v) is 22.7. The van der Waals surface area contributed by atoms with E-state index in [2.05, 4.69) is 255 Å². The second-order valence-corrected chi connectivity index (χ2v) is 17.4. The van der Waals surface area contributed by atoms with Gasteiger partial charge in [0.05, 0.1) is 5.41 Å². The van der Waals surface area contributed by atoms with Crippen LogP contribution in [-0.4, -0.2) is 0 Å². The van der Waals surface area contributed by atoms with Gasteiger partial charge in [0.1, 0.15) is 0 Å². The number of rotatable bonds is 6. The molecular formula is C65H42.